The number of nitrogens with zero attached hydrogens (tertiary/aromatic N) is 1. The van der Waals surface area contributed by atoms with Gasteiger partial charge in [-0.05, 0) is 30.3 Å². The van der Waals surface area contributed by atoms with Crippen LogP contribution in [0, 0.1) is 0 Å². The molecule has 162 valence electrons. The monoisotopic (exact) mass is 435 g/mol. The Morgan fingerprint density at radius 3 is 2.07 bits per heavy atom. The van der Waals surface area contributed by atoms with Crippen LogP contribution in [0.25, 0.3) is 0 Å². The van der Waals surface area contributed by atoms with Crippen LogP contribution in [-0.2, 0) is 12.4 Å². The fraction of sp³-hybridized carbons (Fsp3) is 0.222. The molecular weight excluding hydrogens is 420 g/mol. The number of carbonyl (C=O) groups excluding carboxylic acids is 1. The van der Waals surface area contributed by atoms with Gasteiger partial charge < -0.3 is 14.8 Å². The summed E-state index contributed by atoms with van der Waals surface area (Å²) >= 11 is 0. The van der Waals surface area contributed by atoms with Crippen LogP contribution in [0.1, 0.15) is 16.7 Å². The molecule has 0 radical (unpaired) electrons. The molecule has 0 spiro atoms. The lowest BCUT2D eigenvalue weighted by molar-refractivity contribution is -0.143. The van der Waals surface area contributed by atoms with Gasteiger partial charge in [0.05, 0.1) is 31.6 Å². The number of methoxy groups -OCH3 is 2. The second kappa shape index (κ2) is 8.93. The number of urea groups is 1. The number of hydrogen-bond donors (Lipinski definition) is 2. The Balaban J connectivity index is 2.18. The maximum absolute atomic E-state index is 12.9. The highest BCUT2D eigenvalue weighted by Crippen LogP contribution is 2.37. The SMILES string of the molecule is COc1cccc(/C=N/NC(=O)Nc2cc(C(F)(F)F)cc(C(F)(F)F)c2)c1OC. The lowest BCUT2D eigenvalue weighted by Crippen LogP contribution is -2.25. The van der Waals surface area contributed by atoms with Crippen LogP contribution in [0.3, 0.4) is 0 Å². The van der Waals surface area contributed by atoms with Gasteiger partial charge >= 0.3 is 18.4 Å². The van der Waals surface area contributed by atoms with E-state index in [1.165, 1.54) is 14.2 Å². The topological polar surface area (TPSA) is 72.0 Å². The van der Waals surface area contributed by atoms with Crippen LogP contribution >= 0.6 is 0 Å². The summed E-state index contributed by atoms with van der Waals surface area (Å²) in [5, 5.41) is 5.48. The summed E-state index contributed by atoms with van der Waals surface area (Å²) in [7, 11) is 2.79. The minimum Gasteiger partial charge on any atom is -0.493 e. The molecule has 0 aliphatic rings. The number of para-hydroxylation sites is 1. The Morgan fingerprint density at radius 2 is 1.57 bits per heavy atom. The molecule has 0 heterocycles. The van der Waals surface area contributed by atoms with Crippen LogP contribution in [-0.4, -0.2) is 26.5 Å². The summed E-state index contributed by atoms with van der Waals surface area (Å²) in [5.74, 6) is 0.688. The number of ether oxygens (including phenoxy) is 2. The quantitative estimate of drug-likeness (QED) is 0.399. The number of rotatable bonds is 5. The van der Waals surface area contributed by atoms with Crippen molar-refractivity contribution in [3.8, 4) is 11.5 Å². The summed E-state index contributed by atoms with van der Waals surface area (Å²) in [6, 6.07) is 4.36. The molecule has 2 rings (SSSR count). The number of hydrazone groups is 1. The molecule has 2 aromatic carbocycles. The first-order valence-corrected chi connectivity index (χ1v) is 8.06. The third-order valence-corrected chi connectivity index (χ3v) is 3.65. The average Bonchev–Trinajstić information content (AvgIpc) is 2.66. The molecule has 0 bridgehead atoms. The van der Waals surface area contributed by atoms with E-state index in [4.69, 9.17) is 9.47 Å². The first-order valence-electron chi connectivity index (χ1n) is 8.06. The minimum atomic E-state index is -5.03. The van der Waals surface area contributed by atoms with Gasteiger partial charge in [0.2, 0.25) is 0 Å². The largest absolute Gasteiger partial charge is 0.493 e. The summed E-state index contributed by atoms with van der Waals surface area (Å²) in [6.07, 6.45) is -8.90. The van der Waals surface area contributed by atoms with Crippen molar-refractivity contribution in [3.05, 3.63) is 53.1 Å². The van der Waals surface area contributed by atoms with Crippen molar-refractivity contribution in [1.82, 2.24) is 5.43 Å². The average molecular weight is 435 g/mol. The lowest BCUT2D eigenvalue weighted by atomic mass is 10.1. The molecule has 0 saturated heterocycles. The van der Waals surface area contributed by atoms with E-state index in [2.05, 4.69) is 5.10 Å². The molecule has 0 atom stereocenters. The summed E-state index contributed by atoms with van der Waals surface area (Å²) < 4.78 is 87.4. The zero-order valence-corrected chi connectivity index (χ0v) is 15.5. The maximum Gasteiger partial charge on any atom is 0.416 e. The zero-order valence-electron chi connectivity index (χ0n) is 15.5. The van der Waals surface area contributed by atoms with E-state index in [0.29, 0.717) is 29.2 Å². The van der Waals surface area contributed by atoms with Crippen molar-refractivity contribution in [3.63, 3.8) is 0 Å². The summed E-state index contributed by atoms with van der Waals surface area (Å²) in [6.45, 7) is 0. The minimum absolute atomic E-state index is 0.0453. The Hall–Kier alpha value is -3.44. The van der Waals surface area contributed by atoms with E-state index in [-0.39, 0.29) is 6.07 Å². The Bertz CT molecular complexity index is 909. The number of nitrogens with one attached hydrogen (secondary N) is 2. The highest BCUT2D eigenvalue weighted by Gasteiger charge is 2.37. The van der Waals surface area contributed by atoms with Crippen LogP contribution in [0.15, 0.2) is 41.5 Å². The van der Waals surface area contributed by atoms with Gasteiger partial charge in [-0.1, -0.05) is 6.07 Å². The first kappa shape index (κ1) is 22.8. The van der Waals surface area contributed by atoms with E-state index >= 15 is 0 Å². The number of carbonyl (C=O) groups is 1. The van der Waals surface area contributed by atoms with Gasteiger partial charge in [0, 0.05) is 11.3 Å². The fourth-order valence-corrected chi connectivity index (χ4v) is 2.36. The van der Waals surface area contributed by atoms with E-state index in [9.17, 15) is 31.1 Å². The highest BCUT2D eigenvalue weighted by atomic mass is 19.4. The van der Waals surface area contributed by atoms with E-state index in [1.807, 2.05) is 10.7 Å². The normalized spacial score (nSPS) is 12.0. The molecular formula is C18H15F6N3O3. The van der Waals surface area contributed by atoms with Gasteiger partial charge in [0.1, 0.15) is 0 Å². The number of anilines is 1. The zero-order chi connectivity index (χ0) is 22.5. The standard InChI is InChI=1S/C18H15F6N3O3/c1-29-14-5-3-4-10(15(14)30-2)9-25-27-16(28)26-13-7-11(17(19,20)21)6-12(8-13)18(22,23)24/h3-9H,1-2H3,(H2,26,27,28)/b25-9+. The second-order valence-electron chi connectivity index (χ2n) is 5.70. The molecule has 30 heavy (non-hydrogen) atoms. The van der Waals surface area contributed by atoms with Gasteiger partial charge in [0.15, 0.2) is 11.5 Å². The van der Waals surface area contributed by atoms with Crippen molar-refractivity contribution in [2.75, 3.05) is 19.5 Å². The smallest absolute Gasteiger partial charge is 0.416 e. The van der Waals surface area contributed by atoms with Crippen molar-refractivity contribution in [1.29, 1.82) is 0 Å². The molecule has 12 heteroatoms. The van der Waals surface area contributed by atoms with Gasteiger partial charge in [-0.15, -0.1) is 0 Å². The molecule has 6 nitrogen and oxygen atoms in total. The fourth-order valence-electron chi connectivity index (χ4n) is 2.36. The summed E-state index contributed by atoms with van der Waals surface area (Å²) in [4.78, 5) is 11.8. The van der Waals surface area contributed by atoms with E-state index in [0.717, 1.165) is 6.21 Å². The Morgan fingerprint density at radius 1 is 0.967 bits per heavy atom. The predicted molar refractivity (Wildman–Crippen MR) is 95.7 cm³/mol. The molecule has 2 aromatic rings. The molecule has 0 aliphatic carbocycles. The van der Waals surface area contributed by atoms with Crippen molar-refractivity contribution in [2.45, 2.75) is 12.4 Å². The van der Waals surface area contributed by atoms with Crippen LogP contribution < -0.4 is 20.2 Å². The highest BCUT2D eigenvalue weighted by molar-refractivity contribution is 5.91. The van der Waals surface area contributed by atoms with Crippen molar-refractivity contribution >= 4 is 17.9 Å². The number of alkyl halides is 6. The van der Waals surface area contributed by atoms with Crippen LogP contribution in [0.5, 0.6) is 11.5 Å². The predicted octanol–water partition coefficient (Wildman–Crippen LogP) is 4.90. The number of halogens is 6. The van der Waals surface area contributed by atoms with E-state index < -0.39 is 35.2 Å². The third kappa shape index (κ3) is 5.78. The van der Waals surface area contributed by atoms with Gasteiger partial charge in [-0.2, -0.15) is 31.4 Å². The molecule has 0 unspecified atom stereocenters. The Kier molecular flexibility index (Phi) is 6.80. The second-order valence-corrected chi connectivity index (χ2v) is 5.70. The van der Waals surface area contributed by atoms with Crippen LogP contribution in [0.4, 0.5) is 36.8 Å². The molecule has 2 amide bonds. The van der Waals surface area contributed by atoms with Crippen molar-refractivity contribution in [2.24, 2.45) is 5.10 Å². The molecule has 0 aromatic heterocycles. The first-order chi connectivity index (χ1) is 14.0. The number of hydrogen-bond acceptors (Lipinski definition) is 4. The number of amides is 2. The molecule has 0 aliphatic heterocycles. The van der Waals surface area contributed by atoms with Gasteiger partial charge in [-0.25, -0.2) is 10.2 Å². The van der Waals surface area contributed by atoms with Crippen molar-refractivity contribution < 1.29 is 40.6 Å². The summed E-state index contributed by atoms with van der Waals surface area (Å²) in [5.41, 5.74) is -1.48. The van der Waals surface area contributed by atoms with Crippen LogP contribution in [0.2, 0.25) is 0 Å². The van der Waals surface area contributed by atoms with Gasteiger partial charge in [-0.3, -0.25) is 0 Å². The Labute approximate surface area is 166 Å². The molecule has 2 N–H and O–H groups in total. The van der Waals surface area contributed by atoms with Gasteiger partial charge in [0.25, 0.3) is 0 Å². The lowest BCUT2D eigenvalue weighted by Gasteiger charge is -2.14. The maximum atomic E-state index is 12.9. The van der Waals surface area contributed by atoms with E-state index in [1.54, 1.807) is 18.2 Å². The molecule has 0 saturated carbocycles. The number of benzene rings is 2. The molecule has 0 fully saturated rings. The third-order valence-electron chi connectivity index (χ3n) is 3.65.